The van der Waals surface area contributed by atoms with Crippen LogP contribution >= 0.6 is 24.0 Å². The lowest BCUT2D eigenvalue weighted by atomic mass is 9.92. The Kier molecular flexibility index (Phi) is 5.04. The average molecular weight is 280 g/mol. The van der Waals surface area contributed by atoms with Crippen molar-refractivity contribution in [2.45, 2.75) is 31.7 Å². The molecule has 1 saturated carbocycles. The monoisotopic (exact) mass is 279 g/mol. The van der Waals surface area contributed by atoms with Crippen LogP contribution in [0.3, 0.4) is 0 Å². The highest BCUT2D eigenvalue weighted by Crippen LogP contribution is 2.41. The van der Waals surface area contributed by atoms with Gasteiger partial charge in [-0.25, -0.2) is 4.39 Å². The minimum absolute atomic E-state index is 0. The lowest BCUT2D eigenvalue weighted by Gasteiger charge is -2.21. The quantitative estimate of drug-likeness (QED) is 0.865. The Hall–Kier alpha value is -0.510. The standard InChI is InChI=1S/C12H15ClFNO.ClH/c13-8-5-6-9(14)12(16)10(8)11(15)7-3-1-2-4-7;/h5-7,11,16H,1-4,15H2;1H/t11-;/m0./s1. The molecule has 1 aromatic rings. The highest BCUT2D eigenvalue weighted by molar-refractivity contribution is 6.31. The largest absolute Gasteiger partial charge is 0.505 e. The predicted molar refractivity (Wildman–Crippen MR) is 69.2 cm³/mol. The number of benzene rings is 1. The van der Waals surface area contributed by atoms with E-state index in [4.69, 9.17) is 17.3 Å². The van der Waals surface area contributed by atoms with Crippen molar-refractivity contribution in [2.75, 3.05) is 0 Å². The number of phenols is 1. The topological polar surface area (TPSA) is 46.2 Å². The van der Waals surface area contributed by atoms with Crippen LogP contribution in [0.2, 0.25) is 5.02 Å². The van der Waals surface area contributed by atoms with Crippen molar-refractivity contribution in [3.63, 3.8) is 0 Å². The first-order valence-corrected chi connectivity index (χ1v) is 5.91. The molecule has 1 atom stereocenters. The van der Waals surface area contributed by atoms with Crippen LogP contribution < -0.4 is 5.73 Å². The van der Waals surface area contributed by atoms with Crippen LogP contribution in [0.25, 0.3) is 0 Å². The van der Waals surface area contributed by atoms with Crippen molar-refractivity contribution >= 4 is 24.0 Å². The van der Waals surface area contributed by atoms with Gasteiger partial charge in [-0.1, -0.05) is 24.4 Å². The number of phenolic OH excluding ortho intramolecular Hbond substituents is 1. The van der Waals surface area contributed by atoms with Crippen LogP contribution in [-0.2, 0) is 0 Å². The number of nitrogens with two attached hydrogens (primary N) is 1. The molecule has 0 spiro atoms. The minimum Gasteiger partial charge on any atom is -0.505 e. The summed E-state index contributed by atoms with van der Waals surface area (Å²) >= 11 is 5.97. The van der Waals surface area contributed by atoms with E-state index < -0.39 is 11.6 Å². The van der Waals surface area contributed by atoms with Crippen molar-refractivity contribution in [3.8, 4) is 5.75 Å². The first-order chi connectivity index (χ1) is 7.61. The molecule has 0 amide bonds. The summed E-state index contributed by atoms with van der Waals surface area (Å²) in [5, 5.41) is 10.0. The maximum Gasteiger partial charge on any atom is 0.165 e. The third-order valence-corrected chi connectivity index (χ3v) is 3.69. The molecule has 1 fully saturated rings. The molecule has 2 rings (SSSR count). The van der Waals surface area contributed by atoms with E-state index in [1.807, 2.05) is 0 Å². The van der Waals surface area contributed by atoms with Gasteiger partial charge < -0.3 is 10.8 Å². The van der Waals surface area contributed by atoms with Gasteiger partial charge in [0.25, 0.3) is 0 Å². The Morgan fingerprint density at radius 2 is 1.94 bits per heavy atom. The second kappa shape index (κ2) is 5.89. The molecule has 0 aliphatic heterocycles. The zero-order chi connectivity index (χ0) is 11.7. The first-order valence-electron chi connectivity index (χ1n) is 5.53. The Balaban J connectivity index is 0.00000144. The normalized spacial score (nSPS) is 17.8. The van der Waals surface area contributed by atoms with Crippen LogP contribution in [0.1, 0.15) is 37.3 Å². The third kappa shape index (κ3) is 2.84. The number of rotatable bonds is 2. The van der Waals surface area contributed by atoms with E-state index in [0.29, 0.717) is 16.5 Å². The molecule has 1 aromatic carbocycles. The maximum atomic E-state index is 13.2. The third-order valence-electron chi connectivity index (χ3n) is 3.36. The van der Waals surface area contributed by atoms with Crippen molar-refractivity contribution in [2.24, 2.45) is 11.7 Å². The van der Waals surface area contributed by atoms with E-state index in [1.165, 1.54) is 6.07 Å². The molecule has 0 saturated heterocycles. The van der Waals surface area contributed by atoms with Gasteiger partial charge in [-0.05, 0) is 30.9 Å². The fraction of sp³-hybridized carbons (Fsp3) is 0.500. The molecular weight excluding hydrogens is 264 g/mol. The number of aromatic hydroxyl groups is 1. The lowest BCUT2D eigenvalue weighted by molar-refractivity contribution is 0.392. The van der Waals surface area contributed by atoms with Crippen molar-refractivity contribution in [3.05, 3.63) is 28.5 Å². The minimum atomic E-state index is -0.659. The molecule has 96 valence electrons. The molecule has 17 heavy (non-hydrogen) atoms. The van der Waals surface area contributed by atoms with Crippen LogP contribution in [0.15, 0.2) is 12.1 Å². The van der Waals surface area contributed by atoms with E-state index >= 15 is 0 Å². The van der Waals surface area contributed by atoms with Crippen molar-refractivity contribution in [1.29, 1.82) is 0 Å². The van der Waals surface area contributed by atoms with Gasteiger partial charge in [0.1, 0.15) is 0 Å². The number of hydrogen-bond acceptors (Lipinski definition) is 2. The van der Waals surface area contributed by atoms with E-state index in [1.54, 1.807) is 0 Å². The SMILES string of the molecule is Cl.N[C@H](c1c(Cl)ccc(F)c1O)C1CCCC1. The van der Waals surface area contributed by atoms with Gasteiger partial charge in [-0.15, -0.1) is 12.4 Å². The summed E-state index contributed by atoms with van der Waals surface area (Å²) < 4.78 is 13.2. The molecule has 1 aliphatic rings. The lowest BCUT2D eigenvalue weighted by Crippen LogP contribution is -2.20. The highest BCUT2D eigenvalue weighted by atomic mass is 35.5. The highest BCUT2D eigenvalue weighted by Gasteiger charge is 2.27. The Bertz CT molecular complexity index is 394. The summed E-state index contributed by atoms with van der Waals surface area (Å²) in [6.45, 7) is 0. The van der Waals surface area contributed by atoms with Gasteiger partial charge in [0.05, 0.1) is 0 Å². The molecule has 0 bridgehead atoms. The Morgan fingerprint density at radius 3 is 2.53 bits per heavy atom. The van der Waals surface area contributed by atoms with Crippen LogP contribution in [0.5, 0.6) is 5.75 Å². The van der Waals surface area contributed by atoms with Crippen LogP contribution in [0.4, 0.5) is 4.39 Å². The first kappa shape index (κ1) is 14.6. The molecule has 0 radical (unpaired) electrons. The van der Waals surface area contributed by atoms with Gasteiger partial charge in [-0.2, -0.15) is 0 Å². The zero-order valence-electron chi connectivity index (χ0n) is 9.33. The maximum absolute atomic E-state index is 13.2. The average Bonchev–Trinajstić information content (AvgIpc) is 2.77. The Morgan fingerprint density at radius 1 is 1.35 bits per heavy atom. The fourth-order valence-electron chi connectivity index (χ4n) is 2.43. The van der Waals surface area contributed by atoms with Gasteiger partial charge in [0.2, 0.25) is 0 Å². The number of halogens is 3. The molecule has 0 aromatic heterocycles. The smallest absolute Gasteiger partial charge is 0.165 e. The van der Waals surface area contributed by atoms with Gasteiger partial charge >= 0.3 is 0 Å². The van der Waals surface area contributed by atoms with E-state index in [0.717, 1.165) is 31.7 Å². The predicted octanol–water partition coefficient (Wildman–Crippen LogP) is 3.80. The summed E-state index contributed by atoms with van der Waals surface area (Å²) in [6, 6.07) is 2.23. The summed E-state index contributed by atoms with van der Waals surface area (Å²) in [6.07, 6.45) is 4.33. The molecule has 5 heteroatoms. The van der Waals surface area contributed by atoms with Crippen LogP contribution in [0, 0.1) is 11.7 Å². The molecule has 2 nitrogen and oxygen atoms in total. The second-order valence-corrected chi connectivity index (χ2v) is 4.77. The van der Waals surface area contributed by atoms with Crippen LogP contribution in [-0.4, -0.2) is 5.11 Å². The van der Waals surface area contributed by atoms with E-state index in [-0.39, 0.29) is 18.4 Å². The zero-order valence-corrected chi connectivity index (χ0v) is 10.9. The van der Waals surface area contributed by atoms with Crippen molar-refractivity contribution < 1.29 is 9.50 Å². The summed E-state index contributed by atoms with van der Waals surface area (Å²) in [5.74, 6) is -0.759. The summed E-state index contributed by atoms with van der Waals surface area (Å²) in [5.41, 5.74) is 6.41. The van der Waals surface area contributed by atoms with Gasteiger partial charge in [0, 0.05) is 16.6 Å². The molecule has 0 heterocycles. The summed E-state index contributed by atoms with van der Waals surface area (Å²) in [4.78, 5) is 0. The fourth-order valence-corrected chi connectivity index (χ4v) is 2.70. The summed E-state index contributed by atoms with van der Waals surface area (Å²) in [7, 11) is 0. The molecule has 1 aliphatic carbocycles. The molecular formula is C12H16Cl2FNO. The van der Waals surface area contributed by atoms with Gasteiger partial charge in [0.15, 0.2) is 11.6 Å². The van der Waals surface area contributed by atoms with Gasteiger partial charge in [-0.3, -0.25) is 0 Å². The second-order valence-electron chi connectivity index (χ2n) is 4.36. The number of hydrogen-bond donors (Lipinski definition) is 2. The Labute approximate surface area is 111 Å². The van der Waals surface area contributed by atoms with E-state index in [9.17, 15) is 9.50 Å². The van der Waals surface area contributed by atoms with Crippen molar-refractivity contribution in [1.82, 2.24) is 0 Å². The molecule has 3 N–H and O–H groups in total. The molecule has 0 unspecified atom stereocenters. The van der Waals surface area contributed by atoms with E-state index in [2.05, 4.69) is 0 Å².